The van der Waals surface area contributed by atoms with Gasteiger partial charge in [-0.1, -0.05) is 19.1 Å². The van der Waals surface area contributed by atoms with Crippen LogP contribution in [0.15, 0.2) is 24.3 Å². The molecule has 2 nitrogen and oxygen atoms in total. The molecule has 0 bridgehead atoms. The highest BCUT2D eigenvalue weighted by Gasteiger charge is 2.27. The molecule has 82 valence electrons. The summed E-state index contributed by atoms with van der Waals surface area (Å²) in [5.41, 5.74) is 1.72. The lowest BCUT2D eigenvalue weighted by atomic mass is 9.78. The lowest BCUT2D eigenvalue weighted by Crippen LogP contribution is -2.21. The smallest absolute Gasteiger partial charge is 0.140 e. The van der Waals surface area contributed by atoms with E-state index in [-0.39, 0.29) is 5.92 Å². The van der Waals surface area contributed by atoms with Crippen molar-refractivity contribution >= 4 is 5.78 Å². The molecule has 0 radical (unpaired) electrons. The number of Topliss-reactive ketones (excluding diaryl/α,β-unsaturated/α-hetero) is 1. The Bertz CT molecular complexity index is 427. The SMILES string of the molecule is C[C@H]1CCC(=O)[C@@H](c2ccc(C#N)cc2)C1. The zero-order valence-corrected chi connectivity index (χ0v) is 9.44. The maximum Gasteiger partial charge on any atom is 0.140 e. The van der Waals surface area contributed by atoms with Crippen LogP contribution in [0.1, 0.15) is 43.2 Å². The third-order valence-electron chi connectivity index (χ3n) is 3.35. The van der Waals surface area contributed by atoms with Crippen LogP contribution in [-0.4, -0.2) is 5.78 Å². The predicted octanol–water partition coefficient (Wildman–Crippen LogP) is 3.03. The van der Waals surface area contributed by atoms with Gasteiger partial charge in [-0.05, 0) is 36.5 Å². The summed E-state index contributed by atoms with van der Waals surface area (Å²) >= 11 is 0. The Morgan fingerprint density at radius 2 is 2.00 bits per heavy atom. The van der Waals surface area contributed by atoms with Crippen molar-refractivity contribution in [3.05, 3.63) is 35.4 Å². The molecule has 2 heteroatoms. The summed E-state index contributed by atoms with van der Waals surface area (Å²) in [6.45, 7) is 2.20. The van der Waals surface area contributed by atoms with E-state index in [2.05, 4.69) is 13.0 Å². The average molecular weight is 213 g/mol. The number of benzene rings is 1. The molecule has 2 atom stereocenters. The van der Waals surface area contributed by atoms with Gasteiger partial charge in [-0.15, -0.1) is 0 Å². The van der Waals surface area contributed by atoms with Crippen LogP contribution in [0, 0.1) is 17.2 Å². The molecule has 0 aliphatic heterocycles. The Balaban J connectivity index is 2.22. The number of nitriles is 1. The number of nitrogens with zero attached hydrogens (tertiary/aromatic N) is 1. The van der Waals surface area contributed by atoms with E-state index >= 15 is 0 Å². The molecule has 0 unspecified atom stereocenters. The first-order valence-corrected chi connectivity index (χ1v) is 5.73. The van der Waals surface area contributed by atoms with Gasteiger partial charge in [0.25, 0.3) is 0 Å². The Morgan fingerprint density at radius 3 is 2.62 bits per heavy atom. The zero-order chi connectivity index (χ0) is 11.5. The first-order chi connectivity index (χ1) is 7.70. The number of ketones is 1. The van der Waals surface area contributed by atoms with Gasteiger partial charge in [0.2, 0.25) is 0 Å². The second kappa shape index (κ2) is 4.49. The van der Waals surface area contributed by atoms with E-state index in [0.717, 1.165) is 18.4 Å². The van der Waals surface area contributed by atoms with Crippen molar-refractivity contribution in [2.24, 2.45) is 5.92 Å². The van der Waals surface area contributed by atoms with Gasteiger partial charge in [-0.25, -0.2) is 0 Å². The quantitative estimate of drug-likeness (QED) is 0.719. The van der Waals surface area contributed by atoms with Crippen molar-refractivity contribution in [1.29, 1.82) is 5.26 Å². The van der Waals surface area contributed by atoms with Crippen LogP contribution in [0.4, 0.5) is 0 Å². The van der Waals surface area contributed by atoms with Crippen LogP contribution in [-0.2, 0) is 4.79 Å². The number of carbonyl (C=O) groups is 1. The van der Waals surface area contributed by atoms with Gasteiger partial charge in [-0.2, -0.15) is 5.26 Å². The first kappa shape index (κ1) is 10.9. The highest BCUT2D eigenvalue weighted by Crippen LogP contribution is 2.33. The van der Waals surface area contributed by atoms with Crippen LogP contribution < -0.4 is 0 Å². The van der Waals surface area contributed by atoms with Gasteiger partial charge in [0.1, 0.15) is 5.78 Å². The minimum absolute atomic E-state index is 0.0523. The number of hydrogen-bond acceptors (Lipinski definition) is 2. The normalized spacial score (nSPS) is 25.1. The zero-order valence-electron chi connectivity index (χ0n) is 9.44. The van der Waals surface area contributed by atoms with Gasteiger partial charge in [0, 0.05) is 12.3 Å². The summed E-state index contributed by atoms with van der Waals surface area (Å²) in [5, 5.41) is 8.72. The van der Waals surface area contributed by atoms with E-state index in [1.807, 2.05) is 12.1 Å². The Kier molecular flexibility index (Phi) is 3.05. The molecular weight excluding hydrogens is 198 g/mol. The fourth-order valence-corrected chi connectivity index (χ4v) is 2.33. The molecule has 1 fully saturated rings. The van der Waals surface area contributed by atoms with Crippen LogP contribution in [0.5, 0.6) is 0 Å². The topological polar surface area (TPSA) is 40.9 Å². The molecule has 2 rings (SSSR count). The standard InChI is InChI=1S/C14H15NO/c1-10-2-7-14(16)13(8-10)12-5-3-11(9-15)4-6-12/h3-6,10,13H,2,7-8H2,1H3/t10-,13+/m0/s1. The van der Waals surface area contributed by atoms with Gasteiger partial charge < -0.3 is 0 Å². The van der Waals surface area contributed by atoms with E-state index in [0.29, 0.717) is 23.7 Å². The van der Waals surface area contributed by atoms with E-state index in [1.54, 1.807) is 12.1 Å². The summed E-state index contributed by atoms with van der Waals surface area (Å²) in [6, 6.07) is 9.51. The van der Waals surface area contributed by atoms with Crippen molar-refractivity contribution in [3.8, 4) is 6.07 Å². The maximum absolute atomic E-state index is 11.8. The van der Waals surface area contributed by atoms with Crippen molar-refractivity contribution in [1.82, 2.24) is 0 Å². The Labute approximate surface area is 95.9 Å². The van der Waals surface area contributed by atoms with Gasteiger partial charge in [0.05, 0.1) is 11.6 Å². The minimum atomic E-state index is 0.0523. The fraction of sp³-hybridized carbons (Fsp3) is 0.429. The van der Waals surface area contributed by atoms with Crippen molar-refractivity contribution < 1.29 is 4.79 Å². The molecule has 0 heterocycles. The molecule has 0 N–H and O–H groups in total. The average Bonchev–Trinajstić information content (AvgIpc) is 2.32. The molecule has 1 aliphatic rings. The minimum Gasteiger partial charge on any atom is -0.299 e. The van der Waals surface area contributed by atoms with E-state index in [1.165, 1.54) is 0 Å². The molecule has 0 spiro atoms. The molecule has 16 heavy (non-hydrogen) atoms. The summed E-state index contributed by atoms with van der Waals surface area (Å²) in [5.74, 6) is 1.03. The monoisotopic (exact) mass is 213 g/mol. The summed E-state index contributed by atoms with van der Waals surface area (Å²) in [4.78, 5) is 11.8. The predicted molar refractivity (Wildman–Crippen MR) is 61.9 cm³/mol. The van der Waals surface area contributed by atoms with Crippen LogP contribution in [0.3, 0.4) is 0 Å². The van der Waals surface area contributed by atoms with Gasteiger partial charge in [0.15, 0.2) is 0 Å². The Morgan fingerprint density at radius 1 is 1.31 bits per heavy atom. The molecule has 0 saturated heterocycles. The lowest BCUT2D eigenvalue weighted by Gasteiger charge is -2.25. The van der Waals surface area contributed by atoms with Crippen LogP contribution >= 0.6 is 0 Å². The highest BCUT2D eigenvalue weighted by atomic mass is 16.1. The van der Waals surface area contributed by atoms with Gasteiger partial charge in [-0.3, -0.25) is 4.79 Å². The van der Waals surface area contributed by atoms with E-state index in [9.17, 15) is 4.79 Å². The van der Waals surface area contributed by atoms with Crippen LogP contribution in [0.25, 0.3) is 0 Å². The summed E-state index contributed by atoms with van der Waals surface area (Å²) in [6.07, 6.45) is 2.67. The second-order valence-electron chi connectivity index (χ2n) is 4.63. The van der Waals surface area contributed by atoms with Crippen molar-refractivity contribution in [3.63, 3.8) is 0 Å². The fourth-order valence-electron chi connectivity index (χ4n) is 2.33. The molecular formula is C14H15NO. The van der Waals surface area contributed by atoms with Crippen LogP contribution in [0.2, 0.25) is 0 Å². The highest BCUT2D eigenvalue weighted by molar-refractivity contribution is 5.86. The van der Waals surface area contributed by atoms with E-state index in [4.69, 9.17) is 5.26 Å². The number of rotatable bonds is 1. The van der Waals surface area contributed by atoms with Gasteiger partial charge >= 0.3 is 0 Å². The maximum atomic E-state index is 11.8. The lowest BCUT2D eigenvalue weighted by molar-refractivity contribution is -0.122. The summed E-state index contributed by atoms with van der Waals surface area (Å²) in [7, 11) is 0. The van der Waals surface area contributed by atoms with E-state index < -0.39 is 0 Å². The van der Waals surface area contributed by atoms with Crippen molar-refractivity contribution in [2.45, 2.75) is 32.1 Å². The molecule has 1 aromatic carbocycles. The molecule has 1 aliphatic carbocycles. The largest absolute Gasteiger partial charge is 0.299 e. The number of carbonyl (C=O) groups excluding carboxylic acids is 1. The third-order valence-corrected chi connectivity index (χ3v) is 3.35. The third kappa shape index (κ3) is 2.14. The molecule has 1 aromatic rings. The first-order valence-electron chi connectivity index (χ1n) is 5.73. The summed E-state index contributed by atoms with van der Waals surface area (Å²) < 4.78 is 0. The van der Waals surface area contributed by atoms with Crippen molar-refractivity contribution in [2.75, 3.05) is 0 Å². The Hall–Kier alpha value is -1.62. The molecule has 1 saturated carbocycles. The second-order valence-corrected chi connectivity index (χ2v) is 4.63. The molecule has 0 amide bonds. The number of hydrogen-bond donors (Lipinski definition) is 0. The molecule has 0 aromatic heterocycles.